The maximum atomic E-state index is 5.69. The summed E-state index contributed by atoms with van der Waals surface area (Å²) in [4.78, 5) is 0. The summed E-state index contributed by atoms with van der Waals surface area (Å²) in [6.07, 6.45) is 4.09. The maximum absolute atomic E-state index is 5.69. The number of nitrogens with two attached hydrogens (primary N) is 1. The molecule has 1 aromatic carbocycles. The van der Waals surface area contributed by atoms with E-state index in [1.807, 2.05) is 12.1 Å². The summed E-state index contributed by atoms with van der Waals surface area (Å²) in [5.74, 6) is 6.61. The summed E-state index contributed by atoms with van der Waals surface area (Å²) < 4.78 is 11.1. The number of hydrazine groups is 1. The highest BCUT2D eigenvalue weighted by Gasteiger charge is 2.19. The van der Waals surface area contributed by atoms with E-state index in [0.717, 1.165) is 38.0 Å². The minimum Gasteiger partial charge on any atom is -0.494 e. The average Bonchev–Trinajstić information content (AvgIpc) is 2.49. The van der Waals surface area contributed by atoms with Crippen molar-refractivity contribution in [1.82, 2.24) is 5.43 Å². The van der Waals surface area contributed by atoms with Gasteiger partial charge in [-0.25, -0.2) is 0 Å². The molecule has 0 amide bonds. The van der Waals surface area contributed by atoms with E-state index >= 15 is 0 Å². The van der Waals surface area contributed by atoms with E-state index in [1.165, 1.54) is 5.56 Å². The Kier molecular flexibility index (Phi) is 7.72. The fraction of sp³-hybridized carbons (Fsp3) is 0.647. The summed E-state index contributed by atoms with van der Waals surface area (Å²) in [7, 11) is 1.74. The summed E-state index contributed by atoms with van der Waals surface area (Å²) in [5, 5.41) is 0. The van der Waals surface area contributed by atoms with Gasteiger partial charge in [-0.15, -0.1) is 0 Å². The Labute approximate surface area is 129 Å². The Hall–Kier alpha value is -1.10. The van der Waals surface area contributed by atoms with E-state index in [-0.39, 0.29) is 11.6 Å². The normalized spacial score (nSPS) is 13.2. The molecule has 0 aliphatic heterocycles. The molecule has 1 atom stereocenters. The van der Waals surface area contributed by atoms with Gasteiger partial charge in [0.1, 0.15) is 5.75 Å². The third-order valence-electron chi connectivity index (χ3n) is 3.84. The molecule has 0 aliphatic rings. The molecule has 0 saturated heterocycles. The lowest BCUT2D eigenvalue weighted by Gasteiger charge is -2.26. The van der Waals surface area contributed by atoms with Crippen LogP contribution in [0, 0.1) is 0 Å². The van der Waals surface area contributed by atoms with Gasteiger partial charge in [0.15, 0.2) is 0 Å². The van der Waals surface area contributed by atoms with Crippen LogP contribution in [0.2, 0.25) is 0 Å². The van der Waals surface area contributed by atoms with Crippen molar-refractivity contribution in [1.29, 1.82) is 0 Å². The first-order valence-corrected chi connectivity index (χ1v) is 7.76. The van der Waals surface area contributed by atoms with Crippen LogP contribution < -0.4 is 16.0 Å². The summed E-state index contributed by atoms with van der Waals surface area (Å²) in [5.41, 5.74) is 3.94. The minimum absolute atomic E-state index is 0.127. The molecule has 4 heteroatoms. The zero-order valence-corrected chi connectivity index (χ0v) is 13.8. The van der Waals surface area contributed by atoms with Crippen LogP contribution >= 0.6 is 0 Å². The molecule has 4 nitrogen and oxygen atoms in total. The van der Waals surface area contributed by atoms with Crippen LogP contribution in [-0.4, -0.2) is 19.3 Å². The molecule has 0 fully saturated rings. The Balaban J connectivity index is 2.56. The molecule has 1 aromatic rings. The largest absolute Gasteiger partial charge is 0.494 e. The highest BCUT2D eigenvalue weighted by molar-refractivity contribution is 5.29. The second kappa shape index (κ2) is 9.03. The predicted molar refractivity (Wildman–Crippen MR) is 87.2 cm³/mol. The van der Waals surface area contributed by atoms with E-state index in [9.17, 15) is 0 Å². The van der Waals surface area contributed by atoms with Gasteiger partial charge >= 0.3 is 0 Å². The van der Waals surface area contributed by atoms with Crippen LogP contribution in [0.5, 0.6) is 5.75 Å². The van der Waals surface area contributed by atoms with Crippen molar-refractivity contribution in [2.24, 2.45) is 5.84 Å². The molecule has 120 valence electrons. The molecule has 1 unspecified atom stereocenters. The summed E-state index contributed by atoms with van der Waals surface area (Å²) in [6.45, 7) is 7.11. The van der Waals surface area contributed by atoms with E-state index in [1.54, 1.807) is 7.11 Å². The number of rotatable bonds is 10. The van der Waals surface area contributed by atoms with Crippen LogP contribution in [0.25, 0.3) is 0 Å². The van der Waals surface area contributed by atoms with Gasteiger partial charge in [-0.05, 0) is 50.8 Å². The first-order valence-electron chi connectivity index (χ1n) is 7.76. The Bertz CT molecular complexity index is 390. The number of hydrogen-bond donors (Lipinski definition) is 2. The monoisotopic (exact) mass is 294 g/mol. The maximum Gasteiger partial charge on any atom is 0.119 e. The van der Waals surface area contributed by atoms with E-state index in [0.29, 0.717) is 0 Å². The zero-order chi connectivity index (χ0) is 15.7. The smallest absolute Gasteiger partial charge is 0.119 e. The molecule has 0 radical (unpaired) electrons. The Morgan fingerprint density at radius 2 is 1.90 bits per heavy atom. The van der Waals surface area contributed by atoms with Crippen molar-refractivity contribution in [3.8, 4) is 5.75 Å². The summed E-state index contributed by atoms with van der Waals surface area (Å²) in [6, 6.07) is 8.30. The van der Waals surface area contributed by atoms with Crippen molar-refractivity contribution in [2.45, 2.75) is 58.1 Å². The SMILES string of the molecule is CCCCOc1ccc(C(CCC(C)(C)OC)NN)cc1. The Morgan fingerprint density at radius 1 is 1.24 bits per heavy atom. The van der Waals surface area contributed by atoms with Gasteiger partial charge in [0, 0.05) is 13.2 Å². The molecule has 0 saturated carbocycles. The molecule has 0 aliphatic carbocycles. The second-order valence-electron chi connectivity index (χ2n) is 5.99. The van der Waals surface area contributed by atoms with Crippen LogP contribution in [0.1, 0.15) is 58.1 Å². The lowest BCUT2D eigenvalue weighted by atomic mass is 9.95. The zero-order valence-electron chi connectivity index (χ0n) is 13.8. The fourth-order valence-electron chi connectivity index (χ4n) is 2.07. The van der Waals surface area contributed by atoms with Crippen LogP contribution in [-0.2, 0) is 4.74 Å². The van der Waals surface area contributed by atoms with Crippen LogP contribution in [0.3, 0.4) is 0 Å². The number of ether oxygens (including phenoxy) is 2. The van der Waals surface area contributed by atoms with Gasteiger partial charge < -0.3 is 9.47 Å². The standard InChI is InChI=1S/C17H30N2O2/c1-5-6-13-21-15-9-7-14(8-10-15)16(19-18)11-12-17(2,3)20-4/h7-10,16,19H,5-6,11-13,18H2,1-4H3. The van der Waals surface area contributed by atoms with Gasteiger partial charge in [0.05, 0.1) is 12.2 Å². The topological polar surface area (TPSA) is 56.5 Å². The van der Waals surface area contributed by atoms with E-state index in [2.05, 4.69) is 38.3 Å². The highest BCUT2D eigenvalue weighted by Crippen LogP contribution is 2.25. The first-order chi connectivity index (χ1) is 10.0. The molecular weight excluding hydrogens is 264 g/mol. The molecule has 0 bridgehead atoms. The lowest BCUT2D eigenvalue weighted by molar-refractivity contribution is 0.0117. The molecule has 1 rings (SSSR count). The second-order valence-corrected chi connectivity index (χ2v) is 5.99. The molecule has 21 heavy (non-hydrogen) atoms. The van der Waals surface area contributed by atoms with Gasteiger partial charge in [-0.2, -0.15) is 0 Å². The number of benzene rings is 1. The molecule has 0 aromatic heterocycles. The Morgan fingerprint density at radius 3 is 2.43 bits per heavy atom. The first kappa shape index (κ1) is 18.0. The van der Waals surface area contributed by atoms with E-state index in [4.69, 9.17) is 15.3 Å². The van der Waals surface area contributed by atoms with Crippen LogP contribution in [0.4, 0.5) is 0 Å². The van der Waals surface area contributed by atoms with Crippen molar-refractivity contribution in [3.63, 3.8) is 0 Å². The quantitative estimate of drug-likeness (QED) is 0.393. The van der Waals surface area contributed by atoms with Crippen molar-refractivity contribution in [3.05, 3.63) is 29.8 Å². The summed E-state index contributed by atoms with van der Waals surface area (Å²) >= 11 is 0. The van der Waals surface area contributed by atoms with Gasteiger partial charge in [-0.3, -0.25) is 11.3 Å². The van der Waals surface area contributed by atoms with Gasteiger partial charge in [0.2, 0.25) is 0 Å². The fourth-order valence-corrected chi connectivity index (χ4v) is 2.07. The highest BCUT2D eigenvalue weighted by atomic mass is 16.5. The minimum atomic E-state index is -0.127. The number of hydrogen-bond acceptors (Lipinski definition) is 4. The van der Waals surface area contributed by atoms with Crippen LogP contribution in [0.15, 0.2) is 24.3 Å². The van der Waals surface area contributed by atoms with Crippen molar-refractivity contribution >= 4 is 0 Å². The lowest BCUT2D eigenvalue weighted by Crippen LogP contribution is -2.31. The predicted octanol–water partition coefficient (Wildman–Crippen LogP) is 3.58. The van der Waals surface area contributed by atoms with Gasteiger partial charge in [-0.1, -0.05) is 25.5 Å². The number of methoxy groups -OCH3 is 1. The third kappa shape index (κ3) is 6.46. The average molecular weight is 294 g/mol. The van der Waals surface area contributed by atoms with Crippen molar-refractivity contribution < 1.29 is 9.47 Å². The van der Waals surface area contributed by atoms with Gasteiger partial charge in [0.25, 0.3) is 0 Å². The third-order valence-corrected chi connectivity index (χ3v) is 3.84. The molecule has 3 N–H and O–H groups in total. The number of unbranched alkanes of at least 4 members (excludes halogenated alkanes) is 1. The number of nitrogens with one attached hydrogen (secondary N) is 1. The van der Waals surface area contributed by atoms with Crippen molar-refractivity contribution in [2.75, 3.05) is 13.7 Å². The molecule has 0 heterocycles. The molecule has 0 spiro atoms. The van der Waals surface area contributed by atoms with E-state index < -0.39 is 0 Å². The molecular formula is C17H30N2O2.